The molecule has 2 rings (SSSR count). The number of nitrogens with one attached hydrogen (secondary N) is 1. The standard InChI is InChI=1S/C16H26N2O/c1-4-18-11-9-15(10-12-18)17-13(2)14-5-7-16(19-3)8-6-14/h5-8,13,15,17H,4,9-12H2,1-3H3/t13-/m0/s1. The number of likely N-dealkylation sites (tertiary alicyclic amines) is 1. The van der Waals surface area contributed by atoms with Gasteiger partial charge in [0.05, 0.1) is 7.11 Å². The maximum Gasteiger partial charge on any atom is 0.118 e. The number of methoxy groups -OCH3 is 1. The lowest BCUT2D eigenvalue weighted by Gasteiger charge is -2.33. The average molecular weight is 262 g/mol. The van der Waals surface area contributed by atoms with Crippen molar-refractivity contribution in [1.29, 1.82) is 0 Å². The lowest BCUT2D eigenvalue weighted by Crippen LogP contribution is -2.43. The van der Waals surface area contributed by atoms with Gasteiger partial charge in [-0.15, -0.1) is 0 Å². The molecule has 0 unspecified atom stereocenters. The summed E-state index contributed by atoms with van der Waals surface area (Å²) in [6.45, 7) is 8.12. The Morgan fingerprint density at radius 3 is 2.42 bits per heavy atom. The predicted octanol–water partition coefficient (Wildman–Crippen LogP) is 2.83. The lowest BCUT2D eigenvalue weighted by atomic mass is 10.0. The number of hydrogen-bond acceptors (Lipinski definition) is 3. The fraction of sp³-hybridized carbons (Fsp3) is 0.625. The van der Waals surface area contributed by atoms with Crippen LogP contribution in [-0.4, -0.2) is 37.7 Å². The fourth-order valence-corrected chi connectivity index (χ4v) is 2.76. The van der Waals surface area contributed by atoms with Crippen LogP contribution in [0.5, 0.6) is 5.75 Å². The van der Waals surface area contributed by atoms with Crippen molar-refractivity contribution < 1.29 is 4.74 Å². The van der Waals surface area contributed by atoms with E-state index in [4.69, 9.17) is 4.74 Å². The van der Waals surface area contributed by atoms with Gasteiger partial charge in [0, 0.05) is 12.1 Å². The second kappa shape index (κ2) is 6.92. The highest BCUT2D eigenvalue weighted by Gasteiger charge is 2.19. The van der Waals surface area contributed by atoms with Crippen LogP contribution in [0.2, 0.25) is 0 Å². The SMILES string of the molecule is CCN1CCC(N[C@@H](C)c2ccc(OC)cc2)CC1. The zero-order valence-electron chi connectivity index (χ0n) is 12.4. The quantitative estimate of drug-likeness (QED) is 0.883. The van der Waals surface area contributed by atoms with Crippen molar-refractivity contribution in [2.75, 3.05) is 26.7 Å². The summed E-state index contributed by atoms with van der Waals surface area (Å²) in [6.07, 6.45) is 2.52. The monoisotopic (exact) mass is 262 g/mol. The van der Waals surface area contributed by atoms with Crippen LogP contribution in [0.25, 0.3) is 0 Å². The van der Waals surface area contributed by atoms with Crippen LogP contribution in [0.15, 0.2) is 24.3 Å². The van der Waals surface area contributed by atoms with Crippen LogP contribution in [0.4, 0.5) is 0 Å². The number of piperidine rings is 1. The molecule has 0 radical (unpaired) electrons. The van der Waals surface area contributed by atoms with Crippen LogP contribution < -0.4 is 10.1 Å². The first-order valence-electron chi connectivity index (χ1n) is 7.35. The van der Waals surface area contributed by atoms with Gasteiger partial charge in [-0.1, -0.05) is 19.1 Å². The Labute approximate surface area is 116 Å². The van der Waals surface area contributed by atoms with Crippen LogP contribution in [0.3, 0.4) is 0 Å². The minimum Gasteiger partial charge on any atom is -0.497 e. The largest absolute Gasteiger partial charge is 0.497 e. The highest BCUT2D eigenvalue weighted by molar-refractivity contribution is 5.28. The van der Waals surface area contributed by atoms with Gasteiger partial charge in [0.1, 0.15) is 5.75 Å². The fourth-order valence-electron chi connectivity index (χ4n) is 2.76. The average Bonchev–Trinajstić information content (AvgIpc) is 2.48. The van der Waals surface area contributed by atoms with Crippen LogP contribution in [-0.2, 0) is 0 Å². The van der Waals surface area contributed by atoms with Gasteiger partial charge in [-0.25, -0.2) is 0 Å². The molecule has 1 fully saturated rings. The van der Waals surface area contributed by atoms with Gasteiger partial charge in [0.2, 0.25) is 0 Å². The van der Waals surface area contributed by atoms with Crippen LogP contribution >= 0.6 is 0 Å². The molecule has 19 heavy (non-hydrogen) atoms. The van der Waals surface area contributed by atoms with Gasteiger partial charge in [-0.05, 0) is 57.1 Å². The first-order chi connectivity index (χ1) is 9.22. The second-order valence-corrected chi connectivity index (χ2v) is 5.37. The smallest absolute Gasteiger partial charge is 0.118 e. The van der Waals surface area contributed by atoms with Crippen molar-refractivity contribution in [3.63, 3.8) is 0 Å². The van der Waals surface area contributed by atoms with E-state index in [1.807, 2.05) is 12.1 Å². The van der Waals surface area contributed by atoms with Crippen LogP contribution in [0.1, 0.15) is 38.3 Å². The van der Waals surface area contributed by atoms with E-state index in [9.17, 15) is 0 Å². The molecule has 1 atom stereocenters. The molecule has 0 bridgehead atoms. The Morgan fingerprint density at radius 1 is 1.26 bits per heavy atom. The molecule has 1 heterocycles. The maximum atomic E-state index is 5.20. The zero-order valence-corrected chi connectivity index (χ0v) is 12.4. The Morgan fingerprint density at radius 2 is 1.89 bits per heavy atom. The van der Waals surface area contributed by atoms with Gasteiger partial charge in [0.15, 0.2) is 0 Å². The Kier molecular flexibility index (Phi) is 5.23. The summed E-state index contributed by atoms with van der Waals surface area (Å²) in [5, 5.41) is 3.75. The van der Waals surface area contributed by atoms with Crippen molar-refractivity contribution in [3.8, 4) is 5.75 Å². The molecule has 1 aliphatic rings. The van der Waals surface area contributed by atoms with Gasteiger partial charge in [-0.3, -0.25) is 0 Å². The van der Waals surface area contributed by atoms with Gasteiger partial charge < -0.3 is 15.0 Å². The minimum absolute atomic E-state index is 0.407. The van der Waals surface area contributed by atoms with E-state index in [0.29, 0.717) is 12.1 Å². The molecule has 1 aromatic carbocycles. The number of nitrogens with zero attached hydrogens (tertiary/aromatic N) is 1. The summed E-state index contributed by atoms with van der Waals surface area (Å²) in [4.78, 5) is 2.52. The molecular formula is C16H26N2O. The first-order valence-corrected chi connectivity index (χ1v) is 7.35. The van der Waals surface area contributed by atoms with Crippen molar-refractivity contribution in [2.45, 2.75) is 38.8 Å². The summed E-state index contributed by atoms with van der Waals surface area (Å²) >= 11 is 0. The Balaban J connectivity index is 1.85. The van der Waals surface area contributed by atoms with E-state index in [0.717, 1.165) is 5.75 Å². The Hall–Kier alpha value is -1.06. The molecule has 0 amide bonds. The number of ether oxygens (including phenoxy) is 1. The zero-order chi connectivity index (χ0) is 13.7. The summed E-state index contributed by atoms with van der Waals surface area (Å²) in [5.74, 6) is 0.923. The normalized spacial score (nSPS) is 19.3. The molecule has 0 spiro atoms. The van der Waals surface area contributed by atoms with Gasteiger partial charge >= 0.3 is 0 Å². The molecule has 1 aromatic rings. The molecule has 106 valence electrons. The summed E-state index contributed by atoms with van der Waals surface area (Å²) in [6, 6.07) is 9.43. The van der Waals surface area contributed by atoms with E-state index in [2.05, 4.69) is 36.2 Å². The van der Waals surface area contributed by atoms with Gasteiger partial charge in [0.25, 0.3) is 0 Å². The molecular weight excluding hydrogens is 236 g/mol. The molecule has 1 aliphatic heterocycles. The van der Waals surface area contributed by atoms with Gasteiger partial charge in [-0.2, -0.15) is 0 Å². The second-order valence-electron chi connectivity index (χ2n) is 5.37. The van der Waals surface area contributed by atoms with E-state index in [-0.39, 0.29) is 0 Å². The van der Waals surface area contributed by atoms with Crippen molar-refractivity contribution in [3.05, 3.63) is 29.8 Å². The summed E-state index contributed by atoms with van der Waals surface area (Å²) in [7, 11) is 1.71. The molecule has 1 N–H and O–H groups in total. The summed E-state index contributed by atoms with van der Waals surface area (Å²) in [5.41, 5.74) is 1.33. The molecule has 0 aliphatic carbocycles. The molecule has 3 heteroatoms. The number of hydrogen-bond donors (Lipinski definition) is 1. The number of benzene rings is 1. The third-order valence-electron chi connectivity index (χ3n) is 4.14. The third kappa shape index (κ3) is 3.95. The topological polar surface area (TPSA) is 24.5 Å². The van der Waals surface area contributed by atoms with E-state index < -0.39 is 0 Å². The molecule has 0 aromatic heterocycles. The lowest BCUT2D eigenvalue weighted by molar-refractivity contribution is 0.200. The van der Waals surface area contributed by atoms with Crippen molar-refractivity contribution in [1.82, 2.24) is 10.2 Å². The highest BCUT2D eigenvalue weighted by Crippen LogP contribution is 2.20. The Bertz CT molecular complexity index is 369. The van der Waals surface area contributed by atoms with Crippen molar-refractivity contribution in [2.24, 2.45) is 0 Å². The molecule has 1 saturated heterocycles. The van der Waals surface area contributed by atoms with Crippen molar-refractivity contribution >= 4 is 0 Å². The molecule has 0 saturated carbocycles. The minimum atomic E-state index is 0.407. The predicted molar refractivity (Wildman–Crippen MR) is 79.7 cm³/mol. The van der Waals surface area contributed by atoms with E-state index in [1.54, 1.807) is 7.11 Å². The highest BCUT2D eigenvalue weighted by atomic mass is 16.5. The van der Waals surface area contributed by atoms with E-state index in [1.165, 1.54) is 38.0 Å². The van der Waals surface area contributed by atoms with Crippen LogP contribution in [0, 0.1) is 0 Å². The maximum absolute atomic E-state index is 5.20. The summed E-state index contributed by atoms with van der Waals surface area (Å²) < 4.78 is 5.20. The number of rotatable bonds is 5. The first kappa shape index (κ1) is 14.4. The van der Waals surface area contributed by atoms with E-state index >= 15 is 0 Å². The molecule has 3 nitrogen and oxygen atoms in total. The third-order valence-corrected chi connectivity index (χ3v) is 4.14.